The SMILES string of the molecule is Nc1ccccc1OC(=O)c1ccco1. The molecule has 0 fully saturated rings. The number of furan rings is 1. The summed E-state index contributed by atoms with van der Waals surface area (Å²) in [4.78, 5) is 11.5. The van der Waals surface area contributed by atoms with E-state index in [0.29, 0.717) is 11.4 Å². The number of carbonyl (C=O) groups excluding carboxylic acids is 1. The average Bonchev–Trinajstić information content (AvgIpc) is 2.74. The molecular weight excluding hydrogens is 194 g/mol. The summed E-state index contributed by atoms with van der Waals surface area (Å²) in [6.07, 6.45) is 1.41. The summed E-state index contributed by atoms with van der Waals surface area (Å²) in [6.45, 7) is 0. The number of esters is 1. The van der Waals surface area contributed by atoms with Crippen molar-refractivity contribution in [3.05, 3.63) is 48.4 Å². The summed E-state index contributed by atoms with van der Waals surface area (Å²) < 4.78 is 9.92. The van der Waals surface area contributed by atoms with Gasteiger partial charge in [-0.2, -0.15) is 0 Å². The van der Waals surface area contributed by atoms with Crippen molar-refractivity contribution in [3.8, 4) is 5.75 Å². The lowest BCUT2D eigenvalue weighted by atomic mass is 10.3. The van der Waals surface area contributed by atoms with Gasteiger partial charge < -0.3 is 14.9 Å². The van der Waals surface area contributed by atoms with E-state index < -0.39 is 5.97 Å². The molecule has 0 saturated heterocycles. The van der Waals surface area contributed by atoms with Crippen LogP contribution in [0.4, 0.5) is 5.69 Å². The summed E-state index contributed by atoms with van der Waals surface area (Å²) in [6, 6.07) is 9.92. The number of rotatable bonds is 2. The maximum atomic E-state index is 11.5. The molecule has 4 nitrogen and oxygen atoms in total. The molecule has 2 rings (SSSR count). The summed E-state index contributed by atoms with van der Waals surface area (Å²) in [5, 5.41) is 0. The number of nitrogens with two attached hydrogens (primary N) is 1. The Hall–Kier alpha value is -2.23. The standard InChI is InChI=1S/C11H9NO3/c12-8-4-1-2-5-9(8)15-11(13)10-6-3-7-14-10/h1-7H,12H2. The van der Waals surface area contributed by atoms with Gasteiger partial charge in [0.15, 0.2) is 5.75 Å². The molecular formula is C11H9NO3. The van der Waals surface area contributed by atoms with E-state index >= 15 is 0 Å². The molecule has 0 bridgehead atoms. The van der Waals surface area contributed by atoms with E-state index in [2.05, 4.69) is 0 Å². The molecule has 4 heteroatoms. The third kappa shape index (κ3) is 1.99. The van der Waals surface area contributed by atoms with Gasteiger partial charge in [0, 0.05) is 0 Å². The number of hydrogen-bond donors (Lipinski definition) is 1. The smallest absolute Gasteiger partial charge is 0.379 e. The molecule has 0 radical (unpaired) electrons. The van der Waals surface area contributed by atoms with Crippen molar-refractivity contribution >= 4 is 11.7 Å². The maximum absolute atomic E-state index is 11.5. The van der Waals surface area contributed by atoms with Crippen LogP contribution in [0.25, 0.3) is 0 Å². The van der Waals surface area contributed by atoms with Gasteiger partial charge >= 0.3 is 5.97 Å². The van der Waals surface area contributed by atoms with Crippen LogP contribution in [0, 0.1) is 0 Å². The molecule has 1 aromatic carbocycles. The lowest BCUT2D eigenvalue weighted by Gasteiger charge is -2.04. The Balaban J connectivity index is 2.17. The normalized spacial score (nSPS) is 9.87. The quantitative estimate of drug-likeness (QED) is 0.461. The second-order valence-electron chi connectivity index (χ2n) is 2.90. The molecule has 2 N–H and O–H groups in total. The van der Waals surface area contributed by atoms with Crippen molar-refractivity contribution < 1.29 is 13.9 Å². The number of anilines is 1. The van der Waals surface area contributed by atoms with Gasteiger partial charge in [-0.3, -0.25) is 0 Å². The van der Waals surface area contributed by atoms with Crippen molar-refractivity contribution in [2.75, 3.05) is 5.73 Å². The topological polar surface area (TPSA) is 65.5 Å². The minimum Gasteiger partial charge on any atom is -0.457 e. The van der Waals surface area contributed by atoms with Gasteiger partial charge in [-0.05, 0) is 24.3 Å². The highest BCUT2D eigenvalue weighted by molar-refractivity contribution is 5.88. The maximum Gasteiger partial charge on any atom is 0.379 e. The highest BCUT2D eigenvalue weighted by atomic mass is 16.5. The van der Waals surface area contributed by atoms with Gasteiger partial charge in [-0.25, -0.2) is 4.79 Å². The van der Waals surface area contributed by atoms with E-state index in [4.69, 9.17) is 14.9 Å². The molecule has 0 aliphatic carbocycles. The molecule has 0 aliphatic heterocycles. The number of ether oxygens (including phenoxy) is 1. The van der Waals surface area contributed by atoms with Crippen LogP contribution in [0.1, 0.15) is 10.6 Å². The fourth-order valence-corrected chi connectivity index (χ4v) is 1.12. The van der Waals surface area contributed by atoms with Gasteiger partial charge in [-0.15, -0.1) is 0 Å². The molecule has 0 spiro atoms. The zero-order valence-electron chi connectivity index (χ0n) is 7.84. The van der Waals surface area contributed by atoms with Crippen LogP contribution in [0.15, 0.2) is 47.1 Å². The fraction of sp³-hybridized carbons (Fsp3) is 0. The zero-order valence-corrected chi connectivity index (χ0v) is 7.84. The summed E-state index contributed by atoms with van der Waals surface area (Å²) >= 11 is 0. The number of para-hydroxylation sites is 2. The van der Waals surface area contributed by atoms with Crippen LogP contribution in [0.3, 0.4) is 0 Å². The molecule has 1 heterocycles. The van der Waals surface area contributed by atoms with Crippen molar-refractivity contribution in [2.45, 2.75) is 0 Å². The van der Waals surface area contributed by atoms with E-state index in [1.54, 1.807) is 30.3 Å². The largest absolute Gasteiger partial charge is 0.457 e. The minimum atomic E-state index is -0.557. The Morgan fingerprint density at radius 1 is 1.20 bits per heavy atom. The number of benzene rings is 1. The van der Waals surface area contributed by atoms with Crippen LogP contribution in [-0.4, -0.2) is 5.97 Å². The number of carbonyl (C=O) groups is 1. The molecule has 0 amide bonds. The molecule has 0 aliphatic rings. The predicted octanol–water partition coefficient (Wildman–Crippen LogP) is 2.08. The molecule has 0 saturated carbocycles. The van der Waals surface area contributed by atoms with Crippen molar-refractivity contribution in [2.24, 2.45) is 0 Å². The summed E-state index contributed by atoms with van der Waals surface area (Å²) in [5.74, 6) is -0.0740. The monoisotopic (exact) mass is 203 g/mol. The van der Waals surface area contributed by atoms with E-state index in [0.717, 1.165) is 0 Å². The molecule has 2 aromatic rings. The van der Waals surface area contributed by atoms with Gasteiger partial charge in [0.05, 0.1) is 12.0 Å². The van der Waals surface area contributed by atoms with Crippen LogP contribution in [0.5, 0.6) is 5.75 Å². The van der Waals surface area contributed by atoms with Gasteiger partial charge in [-0.1, -0.05) is 12.1 Å². The Kier molecular flexibility index (Phi) is 2.41. The third-order valence-corrected chi connectivity index (χ3v) is 1.84. The Bertz CT molecular complexity index is 462. The van der Waals surface area contributed by atoms with Crippen LogP contribution < -0.4 is 10.5 Å². The Morgan fingerprint density at radius 3 is 2.67 bits per heavy atom. The van der Waals surface area contributed by atoms with E-state index in [-0.39, 0.29) is 5.76 Å². The van der Waals surface area contributed by atoms with Crippen molar-refractivity contribution in [3.63, 3.8) is 0 Å². The van der Waals surface area contributed by atoms with E-state index in [1.165, 1.54) is 12.3 Å². The summed E-state index contributed by atoms with van der Waals surface area (Å²) in [7, 11) is 0. The average molecular weight is 203 g/mol. The van der Waals surface area contributed by atoms with Gasteiger partial charge in [0.1, 0.15) is 0 Å². The lowest BCUT2D eigenvalue weighted by Crippen LogP contribution is -2.08. The second kappa shape index (κ2) is 3.88. The highest BCUT2D eigenvalue weighted by Crippen LogP contribution is 2.20. The minimum absolute atomic E-state index is 0.151. The lowest BCUT2D eigenvalue weighted by molar-refractivity contribution is 0.0702. The fourth-order valence-electron chi connectivity index (χ4n) is 1.12. The summed E-state index contributed by atoms with van der Waals surface area (Å²) in [5.41, 5.74) is 6.03. The molecule has 76 valence electrons. The Morgan fingerprint density at radius 2 is 2.00 bits per heavy atom. The Labute approximate surface area is 86.3 Å². The molecule has 0 atom stereocenters. The van der Waals surface area contributed by atoms with Crippen LogP contribution in [0.2, 0.25) is 0 Å². The highest BCUT2D eigenvalue weighted by Gasteiger charge is 2.12. The first kappa shape index (κ1) is 9.33. The first-order valence-corrected chi connectivity index (χ1v) is 4.37. The van der Waals surface area contributed by atoms with E-state index in [1.807, 2.05) is 0 Å². The first-order chi connectivity index (χ1) is 7.27. The van der Waals surface area contributed by atoms with Gasteiger partial charge in [0.2, 0.25) is 5.76 Å². The van der Waals surface area contributed by atoms with Crippen LogP contribution >= 0.6 is 0 Å². The third-order valence-electron chi connectivity index (χ3n) is 1.84. The van der Waals surface area contributed by atoms with Crippen molar-refractivity contribution in [1.82, 2.24) is 0 Å². The molecule has 1 aromatic heterocycles. The predicted molar refractivity (Wildman–Crippen MR) is 54.5 cm³/mol. The molecule has 0 unspecified atom stereocenters. The van der Waals surface area contributed by atoms with Crippen LogP contribution in [-0.2, 0) is 0 Å². The van der Waals surface area contributed by atoms with E-state index in [9.17, 15) is 4.79 Å². The number of nitrogen functional groups attached to an aromatic ring is 1. The van der Waals surface area contributed by atoms with Crippen molar-refractivity contribution in [1.29, 1.82) is 0 Å². The number of hydrogen-bond acceptors (Lipinski definition) is 4. The van der Waals surface area contributed by atoms with Gasteiger partial charge in [0.25, 0.3) is 0 Å². The first-order valence-electron chi connectivity index (χ1n) is 4.37. The zero-order chi connectivity index (χ0) is 10.7. The second-order valence-corrected chi connectivity index (χ2v) is 2.90. The molecule has 15 heavy (non-hydrogen) atoms.